The lowest BCUT2D eigenvalue weighted by Gasteiger charge is -2.18. The number of para-hydroxylation sites is 1. The third-order valence-electron chi connectivity index (χ3n) is 2.83. The van der Waals surface area contributed by atoms with E-state index in [1.54, 1.807) is 0 Å². The quantitative estimate of drug-likeness (QED) is 0.849. The van der Waals surface area contributed by atoms with E-state index in [9.17, 15) is 0 Å². The first-order chi connectivity index (χ1) is 9.70. The summed E-state index contributed by atoms with van der Waals surface area (Å²) in [6.45, 7) is 0.930. The van der Waals surface area contributed by atoms with Crippen LogP contribution in [0.3, 0.4) is 0 Å². The minimum Gasteiger partial charge on any atom is -0.396 e. The van der Waals surface area contributed by atoms with Crippen molar-refractivity contribution in [2.45, 2.75) is 6.42 Å². The van der Waals surface area contributed by atoms with Gasteiger partial charge in [-0.1, -0.05) is 12.1 Å². The molecule has 5 nitrogen and oxygen atoms in total. The molecule has 0 atom stereocenters. The van der Waals surface area contributed by atoms with Gasteiger partial charge in [-0.05, 0) is 34.5 Å². The van der Waals surface area contributed by atoms with Crippen molar-refractivity contribution in [1.82, 2.24) is 9.97 Å². The molecule has 20 heavy (non-hydrogen) atoms. The molecular weight excluding hydrogens is 320 g/mol. The van der Waals surface area contributed by atoms with E-state index in [2.05, 4.69) is 31.2 Å². The number of nitrogens with zero attached hydrogens (tertiary/aromatic N) is 3. The van der Waals surface area contributed by atoms with E-state index in [0.717, 1.165) is 28.3 Å². The molecule has 1 aromatic heterocycles. The molecular formula is C14H17BrN4O. The first kappa shape index (κ1) is 14.7. The third kappa shape index (κ3) is 3.91. The number of hydrogen-bond acceptors (Lipinski definition) is 5. The maximum Gasteiger partial charge on any atom is 0.135 e. The number of benzene rings is 1. The van der Waals surface area contributed by atoms with Gasteiger partial charge in [-0.25, -0.2) is 9.97 Å². The molecule has 2 N–H and O–H groups in total. The first-order valence-electron chi connectivity index (χ1n) is 6.36. The Balaban J connectivity index is 2.12. The number of aromatic nitrogens is 2. The smallest absolute Gasteiger partial charge is 0.135 e. The standard InChI is InChI=1S/C14H17BrN4O/c1-19(7-4-8-20)14-9-13(16-10-17-14)18-12-6-3-2-5-11(12)15/h2-3,5-6,9-10,20H,4,7-8H2,1H3,(H,16,17,18). The second kappa shape index (κ2) is 7.21. The van der Waals surface area contributed by atoms with Crippen LogP contribution < -0.4 is 10.2 Å². The van der Waals surface area contributed by atoms with Gasteiger partial charge in [-0.15, -0.1) is 0 Å². The number of anilines is 3. The van der Waals surface area contributed by atoms with Crippen molar-refractivity contribution in [3.8, 4) is 0 Å². The molecule has 106 valence electrons. The van der Waals surface area contributed by atoms with Crippen LogP contribution in [0, 0.1) is 0 Å². The highest BCUT2D eigenvalue weighted by Crippen LogP contribution is 2.25. The Morgan fingerprint density at radius 1 is 1.30 bits per heavy atom. The van der Waals surface area contributed by atoms with Gasteiger partial charge < -0.3 is 15.3 Å². The summed E-state index contributed by atoms with van der Waals surface area (Å²) in [6.07, 6.45) is 2.25. The molecule has 6 heteroatoms. The van der Waals surface area contributed by atoms with Crippen LogP contribution in [-0.4, -0.2) is 35.3 Å². The van der Waals surface area contributed by atoms with Gasteiger partial charge in [0.25, 0.3) is 0 Å². The zero-order valence-corrected chi connectivity index (χ0v) is 12.8. The molecule has 0 unspecified atom stereocenters. The van der Waals surface area contributed by atoms with Crippen LogP contribution in [-0.2, 0) is 0 Å². The average Bonchev–Trinajstić information content (AvgIpc) is 2.47. The van der Waals surface area contributed by atoms with Crippen LogP contribution in [0.25, 0.3) is 0 Å². The monoisotopic (exact) mass is 336 g/mol. The first-order valence-corrected chi connectivity index (χ1v) is 7.15. The Morgan fingerprint density at radius 3 is 2.85 bits per heavy atom. The predicted octanol–water partition coefficient (Wildman–Crippen LogP) is 2.80. The largest absolute Gasteiger partial charge is 0.396 e. The Labute approximate surface area is 126 Å². The lowest BCUT2D eigenvalue weighted by Crippen LogP contribution is -2.20. The fourth-order valence-corrected chi connectivity index (χ4v) is 2.13. The average molecular weight is 337 g/mol. The molecule has 2 rings (SSSR count). The minimum atomic E-state index is 0.178. The molecule has 0 radical (unpaired) electrons. The summed E-state index contributed by atoms with van der Waals surface area (Å²) in [6, 6.07) is 9.75. The normalized spacial score (nSPS) is 10.3. The summed E-state index contributed by atoms with van der Waals surface area (Å²) in [4.78, 5) is 10.4. The molecule has 0 aliphatic heterocycles. The van der Waals surface area contributed by atoms with E-state index in [-0.39, 0.29) is 6.61 Å². The second-order valence-corrected chi connectivity index (χ2v) is 5.22. The van der Waals surface area contributed by atoms with Gasteiger partial charge in [0.2, 0.25) is 0 Å². The summed E-state index contributed by atoms with van der Waals surface area (Å²) in [7, 11) is 1.94. The Kier molecular flexibility index (Phi) is 5.31. The van der Waals surface area contributed by atoms with E-state index >= 15 is 0 Å². The van der Waals surface area contributed by atoms with E-state index in [1.807, 2.05) is 42.3 Å². The van der Waals surface area contributed by atoms with E-state index in [4.69, 9.17) is 5.11 Å². The lowest BCUT2D eigenvalue weighted by molar-refractivity contribution is 0.290. The summed E-state index contributed by atoms with van der Waals surface area (Å²) in [5.74, 6) is 1.56. The van der Waals surface area contributed by atoms with Crippen LogP contribution in [0.2, 0.25) is 0 Å². The number of aliphatic hydroxyl groups is 1. The van der Waals surface area contributed by atoms with Gasteiger partial charge in [0.05, 0.1) is 5.69 Å². The molecule has 0 aliphatic rings. The fourth-order valence-electron chi connectivity index (χ4n) is 1.75. The highest BCUT2D eigenvalue weighted by Gasteiger charge is 2.05. The number of hydrogen-bond donors (Lipinski definition) is 2. The van der Waals surface area contributed by atoms with Gasteiger partial charge >= 0.3 is 0 Å². The Hall–Kier alpha value is -1.66. The summed E-state index contributed by atoms with van der Waals surface area (Å²) in [5, 5.41) is 12.1. The molecule has 0 aliphatic carbocycles. The van der Waals surface area contributed by atoms with Crippen LogP contribution in [0.15, 0.2) is 41.1 Å². The molecule has 0 fully saturated rings. The predicted molar refractivity (Wildman–Crippen MR) is 84.4 cm³/mol. The highest BCUT2D eigenvalue weighted by molar-refractivity contribution is 9.10. The molecule has 0 saturated heterocycles. The molecule has 0 saturated carbocycles. The molecule has 2 aromatic rings. The van der Waals surface area contributed by atoms with E-state index in [1.165, 1.54) is 6.33 Å². The number of aliphatic hydroxyl groups excluding tert-OH is 1. The maximum absolute atomic E-state index is 8.87. The van der Waals surface area contributed by atoms with Gasteiger partial charge in [-0.3, -0.25) is 0 Å². The molecule has 1 aromatic carbocycles. The zero-order valence-electron chi connectivity index (χ0n) is 11.3. The van der Waals surface area contributed by atoms with Crippen molar-refractivity contribution in [1.29, 1.82) is 0 Å². The maximum atomic E-state index is 8.87. The number of rotatable bonds is 6. The minimum absolute atomic E-state index is 0.178. The van der Waals surface area contributed by atoms with Gasteiger partial charge in [-0.2, -0.15) is 0 Å². The summed E-state index contributed by atoms with van der Waals surface area (Å²) >= 11 is 3.49. The topological polar surface area (TPSA) is 61.3 Å². The lowest BCUT2D eigenvalue weighted by atomic mass is 10.3. The molecule has 0 bridgehead atoms. The van der Waals surface area contributed by atoms with Crippen molar-refractivity contribution in [3.63, 3.8) is 0 Å². The second-order valence-electron chi connectivity index (χ2n) is 4.37. The van der Waals surface area contributed by atoms with Crippen LogP contribution >= 0.6 is 15.9 Å². The van der Waals surface area contributed by atoms with Crippen molar-refractivity contribution >= 4 is 33.3 Å². The van der Waals surface area contributed by atoms with Crippen molar-refractivity contribution in [2.24, 2.45) is 0 Å². The SMILES string of the molecule is CN(CCCO)c1cc(Nc2ccccc2Br)ncn1. The van der Waals surface area contributed by atoms with Crippen LogP contribution in [0.4, 0.5) is 17.3 Å². The van der Waals surface area contributed by atoms with Crippen LogP contribution in [0.5, 0.6) is 0 Å². The van der Waals surface area contributed by atoms with E-state index in [0.29, 0.717) is 6.42 Å². The molecule has 0 spiro atoms. The Bertz CT molecular complexity index is 564. The van der Waals surface area contributed by atoms with Crippen molar-refractivity contribution in [3.05, 3.63) is 41.1 Å². The van der Waals surface area contributed by atoms with E-state index < -0.39 is 0 Å². The van der Waals surface area contributed by atoms with Gasteiger partial charge in [0.15, 0.2) is 0 Å². The molecule has 1 heterocycles. The summed E-state index contributed by atoms with van der Waals surface area (Å²) < 4.78 is 0.980. The number of halogens is 1. The number of nitrogens with one attached hydrogen (secondary N) is 1. The van der Waals surface area contributed by atoms with Crippen molar-refractivity contribution < 1.29 is 5.11 Å². The van der Waals surface area contributed by atoms with Gasteiger partial charge in [0, 0.05) is 30.7 Å². The fraction of sp³-hybridized carbons (Fsp3) is 0.286. The van der Waals surface area contributed by atoms with Gasteiger partial charge in [0.1, 0.15) is 18.0 Å². The zero-order chi connectivity index (χ0) is 14.4. The van der Waals surface area contributed by atoms with Crippen LogP contribution in [0.1, 0.15) is 6.42 Å². The summed E-state index contributed by atoms with van der Waals surface area (Å²) in [5.41, 5.74) is 0.954. The Morgan fingerprint density at radius 2 is 2.10 bits per heavy atom. The molecule has 0 amide bonds. The third-order valence-corrected chi connectivity index (χ3v) is 3.52. The highest BCUT2D eigenvalue weighted by atomic mass is 79.9. The van der Waals surface area contributed by atoms with Crippen molar-refractivity contribution in [2.75, 3.05) is 30.4 Å².